The van der Waals surface area contributed by atoms with E-state index in [2.05, 4.69) is 17.2 Å². The zero-order valence-electron chi connectivity index (χ0n) is 10.8. The first-order valence-electron chi connectivity index (χ1n) is 6.41. The predicted octanol–water partition coefficient (Wildman–Crippen LogP) is 3.15. The van der Waals surface area contributed by atoms with E-state index in [4.69, 9.17) is 0 Å². The summed E-state index contributed by atoms with van der Waals surface area (Å²) in [6.45, 7) is 4.78. The highest BCUT2D eigenvalue weighted by atomic mass is 16.6. The third kappa shape index (κ3) is 2.78. The lowest BCUT2D eigenvalue weighted by Gasteiger charge is -2.12. The Labute approximate surface area is 107 Å². The van der Waals surface area contributed by atoms with Gasteiger partial charge in [-0.2, -0.15) is 0 Å². The second kappa shape index (κ2) is 5.33. The molecule has 0 bridgehead atoms. The number of nitrogens with zero attached hydrogens (tertiary/aromatic N) is 2. The van der Waals surface area contributed by atoms with Crippen molar-refractivity contribution in [2.75, 3.05) is 11.9 Å². The van der Waals surface area contributed by atoms with Crippen LogP contribution in [0.1, 0.15) is 31.7 Å². The number of rotatable bonds is 4. The van der Waals surface area contributed by atoms with Crippen molar-refractivity contribution in [3.8, 4) is 0 Å². The van der Waals surface area contributed by atoms with Gasteiger partial charge in [-0.25, -0.2) is 4.98 Å². The van der Waals surface area contributed by atoms with E-state index in [1.54, 1.807) is 19.2 Å². The van der Waals surface area contributed by atoms with Crippen molar-refractivity contribution in [2.45, 2.75) is 33.1 Å². The molecule has 5 heteroatoms. The van der Waals surface area contributed by atoms with Gasteiger partial charge in [0, 0.05) is 18.3 Å². The third-order valence-electron chi connectivity index (χ3n) is 3.67. The van der Waals surface area contributed by atoms with E-state index in [-0.39, 0.29) is 10.6 Å². The fourth-order valence-electron chi connectivity index (χ4n) is 2.66. The minimum absolute atomic E-state index is 0.101. The van der Waals surface area contributed by atoms with Crippen LogP contribution in [0, 0.1) is 28.9 Å². The van der Waals surface area contributed by atoms with Crippen molar-refractivity contribution >= 4 is 11.5 Å². The summed E-state index contributed by atoms with van der Waals surface area (Å²) in [5, 5.41) is 14.2. The average Bonchev–Trinajstić information content (AvgIpc) is 2.72. The number of pyridine rings is 1. The highest BCUT2D eigenvalue weighted by Gasteiger charge is 2.23. The van der Waals surface area contributed by atoms with Crippen LogP contribution in [0.15, 0.2) is 12.3 Å². The second-order valence-corrected chi connectivity index (χ2v) is 5.25. The first-order valence-corrected chi connectivity index (χ1v) is 6.41. The summed E-state index contributed by atoms with van der Waals surface area (Å²) in [6.07, 6.45) is 5.28. The summed E-state index contributed by atoms with van der Waals surface area (Å²) in [4.78, 5) is 14.7. The molecule has 0 amide bonds. The van der Waals surface area contributed by atoms with Gasteiger partial charge in [0.25, 0.3) is 0 Å². The molecule has 2 unspecified atom stereocenters. The van der Waals surface area contributed by atoms with E-state index in [1.165, 1.54) is 19.3 Å². The molecule has 1 N–H and O–H groups in total. The molecule has 98 valence electrons. The minimum atomic E-state index is -0.359. The normalized spacial score (nSPS) is 23.0. The zero-order valence-corrected chi connectivity index (χ0v) is 10.8. The Hall–Kier alpha value is -1.65. The number of nitrogens with one attached hydrogen (secondary N) is 1. The smallest absolute Gasteiger partial charge is 0.314 e. The van der Waals surface area contributed by atoms with Crippen molar-refractivity contribution in [2.24, 2.45) is 11.8 Å². The molecule has 1 aliphatic carbocycles. The van der Waals surface area contributed by atoms with E-state index in [0.29, 0.717) is 17.3 Å². The molecule has 2 atom stereocenters. The van der Waals surface area contributed by atoms with Crippen LogP contribution in [0.5, 0.6) is 0 Å². The van der Waals surface area contributed by atoms with Crippen molar-refractivity contribution in [1.82, 2.24) is 4.98 Å². The predicted molar refractivity (Wildman–Crippen MR) is 70.6 cm³/mol. The number of aromatic nitrogens is 1. The highest BCUT2D eigenvalue weighted by molar-refractivity contribution is 5.59. The number of anilines is 1. The first-order chi connectivity index (χ1) is 8.58. The van der Waals surface area contributed by atoms with E-state index in [0.717, 1.165) is 12.5 Å². The maximum atomic E-state index is 11.0. The molecule has 1 aromatic heterocycles. The average molecular weight is 249 g/mol. The fourth-order valence-corrected chi connectivity index (χ4v) is 2.66. The van der Waals surface area contributed by atoms with Gasteiger partial charge in [-0.1, -0.05) is 13.3 Å². The lowest BCUT2D eigenvalue weighted by molar-refractivity contribution is -0.384. The Balaban J connectivity index is 2.05. The summed E-state index contributed by atoms with van der Waals surface area (Å²) in [7, 11) is 0. The molecule has 0 aromatic carbocycles. The van der Waals surface area contributed by atoms with Gasteiger partial charge in [0.1, 0.15) is 0 Å². The summed E-state index contributed by atoms with van der Waals surface area (Å²) in [5.74, 6) is 1.79. The Morgan fingerprint density at radius 3 is 2.94 bits per heavy atom. The van der Waals surface area contributed by atoms with Crippen LogP contribution in [0.25, 0.3) is 0 Å². The molecule has 2 rings (SSSR count). The number of hydrogen-bond donors (Lipinski definition) is 1. The maximum Gasteiger partial charge on any atom is 0.314 e. The van der Waals surface area contributed by atoms with Gasteiger partial charge >= 0.3 is 5.69 Å². The molecule has 0 saturated heterocycles. The molecule has 5 nitrogen and oxygen atoms in total. The summed E-state index contributed by atoms with van der Waals surface area (Å²) in [6, 6.07) is 1.67. The van der Waals surface area contributed by atoms with E-state index >= 15 is 0 Å². The number of aryl methyl sites for hydroxylation is 1. The van der Waals surface area contributed by atoms with E-state index in [9.17, 15) is 10.1 Å². The molecule has 0 spiro atoms. The zero-order chi connectivity index (χ0) is 13.1. The van der Waals surface area contributed by atoms with Crippen LogP contribution in [0.3, 0.4) is 0 Å². The van der Waals surface area contributed by atoms with Gasteiger partial charge in [-0.15, -0.1) is 0 Å². The van der Waals surface area contributed by atoms with E-state index < -0.39 is 0 Å². The molecule has 0 radical (unpaired) electrons. The molecule has 18 heavy (non-hydrogen) atoms. The first kappa shape index (κ1) is 12.8. The van der Waals surface area contributed by atoms with Crippen LogP contribution >= 0.6 is 0 Å². The topological polar surface area (TPSA) is 68.1 Å². The molecule has 1 fully saturated rings. The van der Waals surface area contributed by atoms with E-state index in [1.807, 2.05) is 0 Å². The summed E-state index contributed by atoms with van der Waals surface area (Å²) in [5.41, 5.74) is 0.751. The van der Waals surface area contributed by atoms with Crippen LogP contribution < -0.4 is 5.32 Å². The van der Waals surface area contributed by atoms with Gasteiger partial charge in [0.15, 0.2) is 0 Å². The monoisotopic (exact) mass is 249 g/mol. The molecule has 1 heterocycles. The number of nitro groups is 1. The molecule has 1 saturated carbocycles. The van der Waals surface area contributed by atoms with Gasteiger partial charge in [0.2, 0.25) is 5.82 Å². The van der Waals surface area contributed by atoms with Gasteiger partial charge in [0.05, 0.1) is 4.92 Å². The number of hydrogen-bond acceptors (Lipinski definition) is 4. The highest BCUT2D eigenvalue weighted by Crippen LogP contribution is 2.31. The molecular formula is C13H19N3O2. The Bertz CT molecular complexity index is 448. The minimum Gasteiger partial charge on any atom is -0.364 e. The molecule has 1 aromatic rings. The lowest BCUT2D eigenvalue weighted by atomic mass is 10.1. The van der Waals surface area contributed by atoms with Gasteiger partial charge in [-0.05, 0) is 37.7 Å². The van der Waals surface area contributed by atoms with Gasteiger partial charge < -0.3 is 5.32 Å². The van der Waals surface area contributed by atoms with Gasteiger partial charge in [-0.3, -0.25) is 10.1 Å². The summed E-state index contributed by atoms with van der Waals surface area (Å²) >= 11 is 0. The Kier molecular flexibility index (Phi) is 3.79. The standard InChI is InChI=1S/C13H19N3O2/c1-9-3-4-11(7-9)8-15-13-12(16(17)18)10(2)5-6-14-13/h5-6,9,11H,3-4,7-8H2,1-2H3,(H,14,15). The van der Waals surface area contributed by atoms with Crippen LogP contribution in [0.2, 0.25) is 0 Å². The Morgan fingerprint density at radius 2 is 2.33 bits per heavy atom. The van der Waals surface area contributed by atoms with Crippen LogP contribution in [-0.2, 0) is 0 Å². The largest absolute Gasteiger partial charge is 0.364 e. The van der Waals surface area contributed by atoms with Crippen molar-refractivity contribution in [1.29, 1.82) is 0 Å². The lowest BCUT2D eigenvalue weighted by Crippen LogP contribution is -2.14. The Morgan fingerprint density at radius 1 is 1.56 bits per heavy atom. The molecular weight excluding hydrogens is 230 g/mol. The maximum absolute atomic E-state index is 11.0. The fraction of sp³-hybridized carbons (Fsp3) is 0.615. The second-order valence-electron chi connectivity index (χ2n) is 5.25. The van der Waals surface area contributed by atoms with Crippen molar-refractivity contribution in [3.05, 3.63) is 27.9 Å². The van der Waals surface area contributed by atoms with Crippen LogP contribution in [0.4, 0.5) is 11.5 Å². The summed E-state index contributed by atoms with van der Waals surface area (Å²) < 4.78 is 0. The molecule has 1 aliphatic rings. The van der Waals surface area contributed by atoms with Crippen molar-refractivity contribution in [3.63, 3.8) is 0 Å². The molecule has 0 aliphatic heterocycles. The van der Waals surface area contributed by atoms with Crippen molar-refractivity contribution < 1.29 is 4.92 Å². The van der Waals surface area contributed by atoms with Crippen LogP contribution in [-0.4, -0.2) is 16.5 Å². The third-order valence-corrected chi connectivity index (χ3v) is 3.67. The quantitative estimate of drug-likeness (QED) is 0.657. The SMILES string of the molecule is Cc1ccnc(NCC2CCC(C)C2)c1[N+](=O)[O-].